The zero-order chi connectivity index (χ0) is 21.8. The Morgan fingerprint density at radius 3 is 2.52 bits per heavy atom. The third-order valence-corrected chi connectivity index (χ3v) is 6.06. The van der Waals surface area contributed by atoms with Crippen LogP contribution in [0.1, 0.15) is 44.1 Å². The van der Waals surface area contributed by atoms with E-state index in [1.54, 1.807) is 6.92 Å². The molecule has 1 amide bonds. The van der Waals surface area contributed by atoms with Gasteiger partial charge in [-0.15, -0.1) is 0 Å². The third kappa shape index (κ3) is 4.48. The minimum atomic E-state index is -0.924. The molecular formula is C25H28N2O4. The first-order valence-electron chi connectivity index (χ1n) is 11.0. The first kappa shape index (κ1) is 21.1. The molecule has 6 heteroatoms. The first-order valence-corrected chi connectivity index (χ1v) is 11.0. The van der Waals surface area contributed by atoms with Crippen LogP contribution < -0.4 is 4.74 Å². The lowest BCUT2D eigenvalue weighted by molar-refractivity contribution is -0.147. The van der Waals surface area contributed by atoms with Crippen LogP contribution in [0, 0.1) is 11.3 Å². The van der Waals surface area contributed by atoms with Crippen LogP contribution in [0.25, 0.3) is 11.1 Å². The van der Waals surface area contributed by atoms with E-state index >= 15 is 0 Å². The number of carbonyl (C=O) groups is 2. The summed E-state index contributed by atoms with van der Waals surface area (Å²) < 4.78 is 11.0. The van der Waals surface area contributed by atoms with E-state index in [0.717, 1.165) is 49.0 Å². The highest BCUT2D eigenvalue weighted by atomic mass is 16.5. The van der Waals surface area contributed by atoms with Crippen molar-refractivity contribution in [2.45, 2.75) is 38.5 Å². The van der Waals surface area contributed by atoms with Gasteiger partial charge in [-0.25, -0.2) is 0 Å². The number of hydrogen-bond acceptors (Lipinski definition) is 5. The second kappa shape index (κ2) is 9.33. The zero-order valence-electron chi connectivity index (χ0n) is 17.8. The maximum atomic E-state index is 13.1. The monoisotopic (exact) mass is 420 g/mol. The Labute approximate surface area is 182 Å². The zero-order valence-corrected chi connectivity index (χ0v) is 17.8. The standard InChI is InChI=1S/C25H28N2O4/c1-2-30-25(29)23-20(16-22(28)27-13-7-4-8-14-27)19-15-18(17-9-5-3-6-10-17)11-12-21(19)31-24(23)26/h3,5-6,9-12,15,20,23,26H,2,4,7-8,13-14,16H2,1H3. The van der Waals surface area contributed by atoms with Crippen molar-refractivity contribution in [3.05, 3.63) is 54.1 Å². The summed E-state index contributed by atoms with van der Waals surface area (Å²) in [6.45, 7) is 3.45. The fourth-order valence-corrected chi connectivity index (χ4v) is 4.48. The fraction of sp³-hybridized carbons (Fsp3) is 0.400. The van der Waals surface area contributed by atoms with Gasteiger partial charge in [0.1, 0.15) is 11.7 Å². The number of amides is 1. The lowest BCUT2D eigenvalue weighted by Crippen LogP contribution is -2.42. The van der Waals surface area contributed by atoms with Crippen LogP contribution in [0.5, 0.6) is 5.75 Å². The number of hydrogen-bond donors (Lipinski definition) is 1. The number of rotatable bonds is 5. The number of nitrogens with one attached hydrogen (secondary N) is 1. The average Bonchev–Trinajstić information content (AvgIpc) is 2.80. The van der Waals surface area contributed by atoms with Gasteiger partial charge in [-0.1, -0.05) is 36.4 Å². The van der Waals surface area contributed by atoms with Crippen LogP contribution in [0.2, 0.25) is 0 Å². The Balaban J connectivity index is 1.72. The highest BCUT2D eigenvalue weighted by Crippen LogP contribution is 2.43. The summed E-state index contributed by atoms with van der Waals surface area (Å²) in [6.07, 6.45) is 3.30. The molecule has 0 aromatic heterocycles. The molecule has 162 valence electrons. The van der Waals surface area contributed by atoms with Crippen LogP contribution in [0.3, 0.4) is 0 Å². The Morgan fingerprint density at radius 1 is 1.06 bits per heavy atom. The highest BCUT2D eigenvalue weighted by molar-refractivity contribution is 6.00. The number of likely N-dealkylation sites (tertiary alicyclic amines) is 1. The summed E-state index contributed by atoms with van der Waals surface area (Å²) in [7, 11) is 0. The van der Waals surface area contributed by atoms with Gasteiger partial charge < -0.3 is 14.4 Å². The molecule has 6 nitrogen and oxygen atoms in total. The second-order valence-corrected chi connectivity index (χ2v) is 8.07. The van der Waals surface area contributed by atoms with Crippen molar-refractivity contribution in [2.24, 2.45) is 5.92 Å². The van der Waals surface area contributed by atoms with Gasteiger partial charge in [0.2, 0.25) is 11.8 Å². The van der Waals surface area contributed by atoms with Crippen LogP contribution in [0.4, 0.5) is 0 Å². The first-order chi connectivity index (χ1) is 15.1. The molecule has 2 unspecified atom stereocenters. The van der Waals surface area contributed by atoms with E-state index in [4.69, 9.17) is 14.9 Å². The van der Waals surface area contributed by atoms with Crippen molar-refractivity contribution in [1.29, 1.82) is 5.41 Å². The van der Waals surface area contributed by atoms with Crippen LogP contribution in [-0.2, 0) is 14.3 Å². The molecule has 0 spiro atoms. The number of esters is 1. The Morgan fingerprint density at radius 2 is 1.81 bits per heavy atom. The van der Waals surface area contributed by atoms with E-state index in [1.807, 2.05) is 53.4 Å². The van der Waals surface area contributed by atoms with Gasteiger partial charge in [0.25, 0.3) is 0 Å². The molecular weight excluding hydrogens is 392 g/mol. The molecule has 1 fully saturated rings. The molecule has 2 heterocycles. The van der Waals surface area contributed by atoms with Crippen molar-refractivity contribution in [1.82, 2.24) is 4.90 Å². The van der Waals surface area contributed by atoms with E-state index in [0.29, 0.717) is 5.75 Å². The predicted molar refractivity (Wildman–Crippen MR) is 118 cm³/mol. The third-order valence-electron chi connectivity index (χ3n) is 6.06. The fourth-order valence-electron chi connectivity index (χ4n) is 4.48. The van der Waals surface area contributed by atoms with Crippen molar-refractivity contribution in [3.63, 3.8) is 0 Å². The molecule has 2 aromatic carbocycles. The smallest absolute Gasteiger partial charge is 0.319 e. The molecule has 4 rings (SSSR count). The molecule has 0 saturated carbocycles. The van der Waals surface area contributed by atoms with Crippen molar-refractivity contribution in [2.75, 3.05) is 19.7 Å². The quantitative estimate of drug-likeness (QED) is 0.728. The van der Waals surface area contributed by atoms with E-state index in [2.05, 4.69) is 0 Å². The van der Waals surface area contributed by atoms with Crippen LogP contribution >= 0.6 is 0 Å². The molecule has 1 N–H and O–H groups in total. The maximum absolute atomic E-state index is 13.1. The largest absolute Gasteiger partial charge is 0.465 e. The SMILES string of the molecule is CCOC(=O)C1C(=N)Oc2ccc(-c3ccccc3)cc2C1CC(=O)N1CCCCC1. The van der Waals surface area contributed by atoms with Gasteiger partial charge in [0.15, 0.2) is 0 Å². The predicted octanol–water partition coefficient (Wildman–Crippen LogP) is 4.39. The number of carbonyl (C=O) groups excluding carboxylic acids is 2. The van der Waals surface area contributed by atoms with E-state index < -0.39 is 17.8 Å². The van der Waals surface area contributed by atoms with Gasteiger partial charge in [-0.2, -0.15) is 0 Å². The number of benzene rings is 2. The Hall–Kier alpha value is -3.15. The normalized spacial score (nSPS) is 20.5. The molecule has 2 aliphatic rings. The summed E-state index contributed by atoms with van der Waals surface area (Å²) in [4.78, 5) is 27.8. The molecule has 0 radical (unpaired) electrons. The lowest BCUT2D eigenvalue weighted by Gasteiger charge is -2.34. The van der Waals surface area contributed by atoms with E-state index in [9.17, 15) is 9.59 Å². The molecule has 2 aliphatic heterocycles. The Kier molecular flexibility index (Phi) is 6.35. The average molecular weight is 421 g/mol. The summed E-state index contributed by atoms with van der Waals surface area (Å²) >= 11 is 0. The number of fused-ring (bicyclic) bond motifs is 1. The van der Waals surface area contributed by atoms with Gasteiger partial charge in [-0.05, 0) is 49.4 Å². The van der Waals surface area contributed by atoms with Gasteiger partial charge in [0.05, 0.1) is 6.61 Å². The maximum Gasteiger partial charge on any atom is 0.319 e. The summed E-state index contributed by atoms with van der Waals surface area (Å²) in [5.41, 5.74) is 2.80. The molecule has 1 saturated heterocycles. The minimum absolute atomic E-state index is 0.0183. The highest BCUT2D eigenvalue weighted by Gasteiger charge is 2.43. The van der Waals surface area contributed by atoms with Crippen molar-refractivity contribution in [3.8, 4) is 16.9 Å². The molecule has 0 bridgehead atoms. The molecule has 2 aromatic rings. The lowest BCUT2D eigenvalue weighted by atomic mass is 9.79. The van der Waals surface area contributed by atoms with Crippen LogP contribution in [-0.4, -0.2) is 42.4 Å². The summed E-state index contributed by atoms with van der Waals surface area (Å²) in [6, 6.07) is 15.7. The summed E-state index contributed by atoms with van der Waals surface area (Å²) in [5.74, 6) is -1.54. The molecule has 0 aliphatic carbocycles. The number of ether oxygens (including phenoxy) is 2. The van der Waals surface area contributed by atoms with Gasteiger partial charge in [0, 0.05) is 31.0 Å². The van der Waals surface area contributed by atoms with Crippen molar-refractivity contribution >= 4 is 17.8 Å². The minimum Gasteiger partial charge on any atom is -0.465 e. The summed E-state index contributed by atoms with van der Waals surface area (Å²) in [5, 5.41) is 8.37. The van der Waals surface area contributed by atoms with Gasteiger partial charge in [-0.3, -0.25) is 15.0 Å². The molecule has 31 heavy (non-hydrogen) atoms. The number of nitrogens with zero attached hydrogens (tertiary/aromatic N) is 1. The topological polar surface area (TPSA) is 79.7 Å². The van der Waals surface area contributed by atoms with E-state index in [-0.39, 0.29) is 24.8 Å². The van der Waals surface area contributed by atoms with Crippen LogP contribution in [0.15, 0.2) is 48.5 Å². The van der Waals surface area contributed by atoms with Crippen molar-refractivity contribution < 1.29 is 19.1 Å². The van der Waals surface area contributed by atoms with Gasteiger partial charge >= 0.3 is 5.97 Å². The second-order valence-electron chi connectivity index (χ2n) is 8.07. The van der Waals surface area contributed by atoms with E-state index in [1.165, 1.54) is 0 Å². The molecule has 2 atom stereocenters. The Bertz CT molecular complexity index is 967. The number of piperidine rings is 1.